The van der Waals surface area contributed by atoms with Gasteiger partial charge in [-0.1, -0.05) is 20.8 Å². The summed E-state index contributed by atoms with van der Waals surface area (Å²) in [6.07, 6.45) is 3.67. The highest BCUT2D eigenvalue weighted by Gasteiger charge is 2.52. The van der Waals surface area contributed by atoms with Gasteiger partial charge in [-0.25, -0.2) is 0 Å². The summed E-state index contributed by atoms with van der Waals surface area (Å²) >= 11 is 0. The first-order chi connectivity index (χ1) is 10.4. The van der Waals surface area contributed by atoms with Crippen LogP contribution in [0.4, 0.5) is 0 Å². The van der Waals surface area contributed by atoms with E-state index in [1.165, 1.54) is 0 Å². The third-order valence-corrected chi connectivity index (χ3v) is 4.49. The lowest BCUT2D eigenvalue weighted by molar-refractivity contribution is -0.128. The van der Waals surface area contributed by atoms with E-state index in [-0.39, 0.29) is 22.5 Å². The highest BCUT2D eigenvalue weighted by molar-refractivity contribution is 6.61. The average Bonchev–Trinajstić information content (AvgIpc) is 2.92. The van der Waals surface area contributed by atoms with Gasteiger partial charge in [0, 0.05) is 29.8 Å². The Morgan fingerprint density at radius 3 is 2.35 bits per heavy atom. The van der Waals surface area contributed by atoms with E-state index in [0.717, 1.165) is 5.46 Å². The molecule has 7 heteroatoms. The molecule has 6 nitrogen and oxygen atoms in total. The van der Waals surface area contributed by atoms with E-state index < -0.39 is 7.12 Å². The van der Waals surface area contributed by atoms with Gasteiger partial charge in [-0.3, -0.25) is 9.48 Å². The molecular formula is C16H28BN3O3. The van der Waals surface area contributed by atoms with Crippen LogP contribution in [-0.4, -0.2) is 40.6 Å². The maximum atomic E-state index is 11.8. The fourth-order valence-electron chi connectivity index (χ4n) is 2.15. The van der Waals surface area contributed by atoms with Gasteiger partial charge in [0.05, 0.1) is 17.7 Å². The number of nitrogens with zero attached hydrogens (tertiary/aromatic N) is 2. The Balaban J connectivity index is 1.91. The molecule has 0 unspecified atom stereocenters. The summed E-state index contributed by atoms with van der Waals surface area (Å²) in [5.41, 5.74) is -0.204. The molecule has 0 aromatic carbocycles. The Morgan fingerprint density at radius 2 is 1.83 bits per heavy atom. The first-order valence-corrected chi connectivity index (χ1v) is 8.09. The van der Waals surface area contributed by atoms with Gasteiger partial charge in [0.15, 0.2) is 0 Å². The minimum atomic E-state index is -0.405. The third-order valence-electron chi connectivity index (χ3n) is 4.49. The van der Waals surface area contributed by atoms with Crippen molar-refractivity contribution in [1.29, 1.82) is 0 Å². The Kier molecular flexibility index (Phi) is 4.65. The molecule has 0 aliphatic carbocycles. The zero-order chi connectivity index (χ0) is 17.5. The lowest BCUT2D eigenvalue weighted by Crippen LogP contribution is -2.41. The molecule has 23 heavy (non-hydrogen) atoms. The maximum absolute atomic E-state index is 11.8. The summed E-state index contributed by atoms with van der Waals surface area (Å²) in [4.78, 5) is 11.8. The van der Waals surface area contributed by atoms with E-state index in [2.05, 4.69) is 10.4 Å². The van der Waals surface area contributed by atoms with Crippen molar-refractivity contribution < 1.29 is 14.1 Å². The number of aromatic nitrogens is 2. The number of carbonyl (C=O) groups is 1. The van der Waals surface area contributed by atoms with Gasteiger partial charge < -0.3 is 14.6 Å². The smallest absolute Gasteiger partial charge is 0.399 e. The molecule has 1 N–H and O–H groups in total. The Morgan fingerprint density at radius 1 is 1.26 bits per heavy atom. The molecular weight excluding hydrogens is 293 g/mol. The van der Waals surface area contributed by atoms with E-state index >= 15 is 0 Å². The number of hydrogen-bond donors (Lipinski definition) is 1. The van der Waals surface area contributed by atoms with Crippen molar-refractivity contribution >= 4 is 18.5 Å². The van der Waals surface area contributed by atoms with Crippen LogP contribution < -0.4 is 10.8 Å². The van der Waals surface area contributed by atoms with E-state index in [1.807, 2.05) is 54.7 Å². The lowest BCUT2D eigenvalue weighted by atomic mass is 9.82. The summed E-state index contributed by atoms with van der Waals surface area (Å²) in [7, 11) is -0.405. The van der Waals surface area contributed by atoms with Gasteiger partial charge in [-0.15, -0.1) is 0 Å². The predicted octanol–water partition coefficient (Wildman–Crippen LogP) is 1.34. The van der Waals surface area contributed by atoms with Crippen molar-refractivity contribution in [3.8, 4) is 0 Å². The first-order valence-electron chi connectivity index (χ1n) is 8.09. The zero-order valence-corrected chi connectivity index (χ0v) is 15.3. The van der Waals surface area contributed by atoms with Crippen molar-refractivity contribution in [2.45, 2.75) is 66.2 Å². The van der Waals surface area contributed by atoms with Crippen LogP contribution in [0.5, 0.6) is 0 Å². The van der Waals surface area contributed by atoms with Crippen LogP contribution in [0.1, 0.15) is 48.5 Å². The summed E-state index contributed by atoms with van der Waals surface area (Å²) in [5, 5.41) is 7.23. The molecule has 0 atom stereocenters. The maximum Gasteiger partial charge on any atom is 0.498 e. The standard InChI is InChI=1S/C16H28BN3O3/c1-14(2,3)13(21)18-8-9-20-11-12(10-19-20)17-22-15(4,5)16(6,7)23-17/h10-11H,8-9H2,1-7H3,(H,18,21). The molecule has 1 fully saturated rings. The van der Waals surface area contributed by atoms with Crippen LogP contribution in [-0.2, 0) is 20.6 Å². The number of rotatable bonds is 4. The molecule has 0 bridgehead atoms. The van der Waals surface area contributed by atoms with Gasteiger partial charge in [-0.05, 0) is 27.7 Å². The fourth-order valence-corrected chi connectivity index (χ4v) is 2.15. The third kappa shape index (κ3) is 3.95. The molecule has 1 aromatic heterocycles. The molecule has 1 saturated heterocycles. The monoisotopic (exact) mass is 321 g/mol. The van der Waals surface area contributed by atoms with Gasteiger partial charge in [0.2, 0.25) is 5.91 Å². The largest absolute Gasteiger partial charge is 0.498 e. The molecule has 2 heterocycles. The first kappa shape index (κ1) is 18.0. The molecule has 0 saturated carbocycles. The van der Waals surface area contributed by atoms with Gasteiger partial charge in [0.25, 0.3) is 0 Å². The van der Waals surface area contributed by atoms with Crippen molar-refractivity contribution in [1.82, 2.24) is 15.1 Å². The molecule has 128 valence electrons. The summed E-state index contributed by atoms with van der Waals surface area (Å²) in [6.45, 7) is 14.9. The topological polar surface area (TPSA) is 65.4 Å². The van der Waals surface area contributed by atoms with Crippen molar-refractivity contribution in [2.24, 2.45) is 5.41 Å². The van der Waals surface area contributed by atoms with Crippen molar-refractivity contribution in [3.63, 3.8) is 0 Å². The summed E-state index contributed by atoms with van der Waals surface area (Å²) in [6, 6.07) is 0. The fraction of sp³-hybridized carbons (Fsp3) is 0.750. The lowest BCUT2D eigenvalue weighted by Gasteiger charge is -2.32. The van der Waals surface area contributed by atoms with Crippen LogP contribution in [0.25, 0.3) is 0 Å². The normalized spacial score (nSPS) is 19.9. The van der Waals surface area contributed by atoms with E-state index in [0.29, 0.717) is 13.1 Å². The highest BCUT2D eigenvalue weighted by Crippen LogP contribution is 2.36. The average molecular weight is 321 g/mol. The Hall–Kier alpha value is -1.34. The van der Waals surface area contributed by atoms with Crippen molar-refractivity contribution in [3.05, 3.63) is 12.4 Å². The summed E-state index contributed by atoms with van der Waals surface area (Å²) in [5.74, 6) is 0.0378. The predicted molar refractivity (Wildman–Crippen MR) is 90.4 cm³/mol. The second-order valence-corrected chi connectivity index (χ2v) is 8.13. The summed E-state index contributed by atoms with van der Waals surface area (Å²) < 4.78 is 13.8. The van der Waals surface area contributed by atoms with Gasteiger partial charge in [-0.2, -0.15) is 5.10 Å². The number of nitrogens with one attached hydrogen (secondary N) is 1. The van der Waals surface area contributed by atoms with Crippen LogP contribution in [0.2, 0.25) is 0 Å². The molecule has 1 aliphatic heterocycles. The van der Waals surface area contributed by atoms with Crippen LogP contribution in [0.3, 0.4) is 0 Å². The molecule has 1 aromatic rings. The van der Waals surface area contributed by atoms with E-state index in [9.17, 15) is 4.79 Å². The van der Waals surface area contributed by atoms with Crippen LogP contribution in [0, 0.1) is 5.41 Å². The SMILES string of the molecule is CC(C)(C)C(=O)NCCn1cc(B2OC(C)(C)C(C)(C)O2)cn1. The molecule has 1 aliphatic rings. The van der Waals surface area contributed by atoms with Crippen LogP contribution in [0.15, 0.2) is 12.4 Å². The van der Waals surface area contributed by atoms with Crippen molar-refractivity contribution in [2.75, 3.05) is 6.54 Å². The van der Waals surface area contributed by atoms with E-state index in [4.69, 9.17) is 9.31 Å². The highest BCUT2D eigenvalue weighted by atomic mass is 16.7. The second kappa shape index (κ2) is 5.94. The number of carbonyl (C=O) groups excluding carboxylic acids is 1. The molecule has 0 radical (unpaired) electrons. The minimum Gasteiger partial charge on any atom is -0.399 e. The molecule has 2 rings (SSSR count). The Bertz CT molecular complexity index is 559. The van der Waals surface area contributed by atoms with Crippen LogP contribution >= 0.6 is 0 Å². The Labute approximate surface area is 139 Å². The minimum absolute atomic E-state index is 0.0378. The second-order valence-electron chi connectivity index (χ2n) is 8.13. The number of hydrogen-bond acceptors (Lipinski definition) is 4. The van der Waals surface area contributed by atoms with Gasteiger partial charge in [0.1, 0.15) is 0 Å². The number of amides is 1. The quantitative estimate of drug-likeness (QED) is 0.850. The molecule has 1 amide bonds. The molecule has 0 spiro atoms. The van der Waals surface area contributed by atoms with E-state index in [1.54, 1.807) is 10.9 Å². The zero-order valence-electron chi connectivity index (χ0n) is 15.3. The van der Waals surface area contributed by atoms with Gasteiger partial charge >= 0.3 is 7.12 Å².